The molecule has 0 radical (unpaired) electrons. The van der Waals surface area contributed by atoms with Crippen molar-refractivity contribution in [3.63, 3.8) is 0 Å². The number of aryl methyl sites for hydroxylation is 3. The van der Waals surface area contributed by atoms with Crippen molar-refractivity contribution < 1.29 is 4.42 Å². The average Bonchev–Trinajstić information content (AvgIpc) is 2.57. The number of hydrogen-bond donors (Lipinski definition) is 1. The quantitative estimate of drug-likeness (QED) is 0.834. The summed E-state index contributed by atoms with van der Waals surface area (Å²) in [7, 11) is 0. The fraction of sp³-hybridized carbons (Fsp3) is 0.417. The van der Waals surface area contributed by atoms with Crippen molar-refractivity contribution in [2.24, 2.45) is 5.73 Å². The van der Waals surface area contributed by atoms with Crippen LogP contribution in [0.1, 0.15) is 23.4 Å². The maximum absolute atomic E-state index is 5.67. The Labute approximate surface area is 89.3 Å². The number of benzene rings is 1. The number of nitrogens with zero attached hydrogens (tertiary/aromatic N) is 1. The number of oxazole rings is 1. The Morgan fingerprint density at radius 1 is 1.33 bits per heavy atom. The summed E-state index contributed by atoms with van der Waals surface area (Å²) in [6, 6.07) is 4.15. The minimum atomic E-state index is 0.677. The number of fused-ring (bicyclic) bond motifs is 1. The first-order valence-corrected chi connectivity index (χ1v) is 5.27. The minimum Gasteiger partial charge on any atom is -0.441 e. The van der Waals surface area contributed by atoms with E-state index in [1.165, 1.54) is 11.1 Å². The molecule has 1 aromatic heterocycles. The molecule has 0 saturated carbocycles. The van der Waals surface area contributed by atoms with Gasteiger partial charge < -0.3 is 10.2 Å². The summed E-state index contributed by atoms with van der Waals surface area (Å²) >= 11 is 0. The molecule has 2 aromatic rings. The standard InChI is InChI=1S/C12H16N2O/c1-8-6-9(2)12-10(7-8)15-11(14-12)4-3-5-13/h6-7H,3-5,13H2,1-2H3. The van der Waals surface area contributed by atoms with E-state index < -0.39 is 0 Å². The van der Waals surface area contributed by atoms with Gasteiger partial charge in [0, 0.05) is 6.42 Å². The van der Waals surface area contributed by atoms with Crippen LogP contribution < -0.4 is 5.73 Å². The Kier molecular flexibility index (Phi) is 2.73. The molecule has 2 rings (SSSR count). The predicted molar refractivity (Wildman–Crippen MR) is 60.9 cm³/mol. The third-order valence-electron chi connectivity index (χ3n) is 2.47. The van der Waals surface area contributed by atoms with Crippen molar-refractivity contribution in [3.05, 3.63) is 29.2 Å². The predicted octanol–water partition coefficient (Wildman–Crippen LogP) is 2.34. The summed E-state index contributed by atoms with van der Waals surface area (Å²) in [5.41, 5.74) is 9.71. The first-order valence-electron chi connectivity index (χ1n) is 5.27. The van der Waals surface area contributed by atoms with Crippen LogP contribution in [0.25, 0.3) is 11.1 Å². The lowest BCUT2D eigenvalue weighted by molar-refractivity contribution is 0.521. The van der Waals surface area contributed by atoms with Gasteiger partial charge in [-0.05, 0) is 44.0 Å². The van der Waals surface area contributed by atoms with Gasteiger partial charge in [0.25, 0.3) is 0 Å². The molecule has 80 valence electrons. The molecule has 0 unspecified atom stereocenters. The van der Waals surface area contributed by atoms with Gasteiger partial charge in [-0.25, -0.2) is 4.98 Å². The molecule has 0 amide bonds. The van der Waals surface area contributed by atoms with Crippen molar-refractivity contribution in [1.82, 2.24) is 4.98 Å². The van der Waals surface area contributed by atoms with Gasteiger partial charge in [-0.15, -0.1) is 0 Å². The highest BCUT2D eigenvalue weighted by Gasteiger charge is 2.07. The zero-order valence-corrected chi connectivity index (χ0v) is 9.21. The lowest BCUT2D eigenvalue weighted by Gasteiger charge is -1.94. The molecule has 3 heteroatoms. The highest BCUT2D eigenvalue weighted by molar-refractivity contribution is 5.77. The van der Waals surface area contributed by atoms with Crippen LogP contribution in [0.5, 0.6) is 0 Å². The van der Waals surface area contributed by atoms with Gasteiger partial charge in [-0.2, -0.15) is 0 Å². The number of aromatic nitrogens is 1. The molecular weight excluding hydrogens is 188 g/mol. The summed E-state index contributed by atoms with van der Waals surface area (Å²) in [5, 5.41) is 0. The second-order valence-corrected chi connectivity index (χ2v) is 3.93. The summed E-state index contributed by atoms with van der Waals surface area (Å²) in [5.74, 6) is 0.796. The van der Waals surface area contributed by atoms with E-state index >= 15 is 0 Å². The summed E-state index contributed by atoms with van der Waals surface area (Å²) in [6.07, 6.45) is 1.74. The maximum Gasteiger partial charge on any atom is 0.195 e. The maximum atomic E-state index is 5.67. The van der Waals surface area contributed by atoms with Crippen molar-refractivity contribution in [2.75, 3.05) is 6.54 Å². The fourth-order valence-electron chi connectivity index (χ4n) is 1.78. The molecule has 0 saturated heterocycles. The van der Waals surface area contributed by atoms with E-state index in [0.29, 0.717) is 6.54 Å². The SMILES string of the molecule is Cc1cc(C)c2nc(CCCN)oc2c1. The smallest absolute Gasteiger partial charge is 0.195 e. The molecule has 0 bridgehead atoms. The van der Waals surface area contributed by atoms with Gasteiger partial charge in [0.2, 0.25) is 0 Å². The molecule has 2 N–H and O–H groups in total. The van der Waals surface area contributed by atoms with Crippen LogP contribution in [-0.2, 0) is 6.42 Å². The van der Waals surface area contributed by atoms with Crippen LogP contribution >= 0.6 is 0 Å². The van der Waals surface area contributed by atoms with Gasteiger partial charge >= 0.3 is 0 Å². The Hall–Kier alpha value is -1.35. The Bertz CT molecular complexity index is 474. The summed E-state index contributed by atoms with van der Waals surface area (Å²) in [4.78, 5) is 4.47. The second-order valence-electron chi connectivity index (χ2n) is 3.93. The first kappa shape index (κ1) is 10.2. The Morgan fingerprint density at radius 3 is 2.87 bits per heavy atom. The topological polar surface area (TPSA) is 52.0 Å². The van der Waals surface area contributed by atoms with E-state index in [9.17, 15) is 0 Å². The van der Waals surface area contributed by atoms with Gasteiger partial charge in [-0.1, -0.05) is 6.07 Å². The molecule has 3 nitrogen and oxygen atoms in total. The largest absolute Gasteiger partial charge is 0.441 e. The molecule has 0 aliphatic carbocycles. The van der Waals surface area contributed by atoms with Gasteiger partial charge in [0.15, 0.2) is 11.5 Å². The second kappa shape index (κ2) is 4.03. The third-order valence-corrected chi connectivity index (χ3v) is 2.47. The number of rotatable bonds is 3. The van der Waals surface area contributed by atoms with E-state index in [-0.39, 0.29) is 0 Å². The van der Waals surface area contributed by atoms with Gasteiger partial charge in [0.1, 0.15) is 5.52 Å². The summed E-state index contributed by atoms with van der Waals surface area (Å²) in [6.45, 7) is 4.80. The van der Waals surface area contributed by atoms with Crippen LogP contribution in [-0.4, -0.2) is 11.5 Å². The van der Waals surface area contributed by atoms with Crippen LogP contribution in [0.3, 0.4) is 0 Å². The van der Waals surface area contributed by atoms with E-state index in [0.717, 1.165) is 29.8 Å². The molecule has 0 aliphatic heterocycles. The van der Waals surface area contributed by atoms with Crippen molar-refractivity contribution in [3.8, 4) is 0 Å². The average molecular weight is 204 g/mol. The lowest BCUT2D eigenvalue weighted by Crippen LogP contribution is -2.00. The highest BCUT2D eigenvalue weighted by atomic mass is 16.3. The van der Waals surface area contributed by atoms with Crippen LogP contribution in [0.2, 0.25) is 0 Å². The molecule has 0 spiro atoms. The molecular formula is C12H16N2O. The number of hydrogen-bond acceptors (Lipinski definition) is 3. The molecule has 0 atom stereocenters. The van der Waals surface area contributed by atoms with E-state index in [1.54, 1.807) is 0 Å². The molecule has 0 aliphatic rings. The monoisotopic (exact) mass is 204 g/mol. The van der Waals surface area contributed by atoms with E-state index in [1.807, 2.05) is 6.07 Å². The molecule has 15 heavy (non-hydrogen) atoms. The normalized spacial score (nSPS) is 11.1. The summed E-state index contributed by atoms with van der Waals surface area (Å²) < 4.78 is 5.67. The first-order chi connectivity index (χ1) is 7.20. The van der Waals surface area contributed by atoms with Crippen LogP contribution in [0, 0.1) is 13.8 Å². The van der Waals surface area contributed by atoms with E-state index in [2.05, 4.69) is 24.9 Å². The lowest BCUT2D eigenvalue weighted by atomic mass is 10.1. The zero-order chi connectivity index (χ0) is 10.8. The molecule has 0 fully saturated rings. The zero-order valence-electron chi connectivity index (χ0n) is 9.21. The fourth-order valence-corrected chi connectivity index (χ4v) is 1.78. The van der Waals surface area contributed by atoms with Crippen LogP contribution in [0.15, 0.2) is 16.5 Å². The van der Waals surface area contributed by atoms with Gasteiger partial charge in [0.05, 0.1) is 0 Å². The Morgan fingerprint density at radius 2 is 2.13 bits per heavy atom. The third kappa shape index (κ3) is 2.02. The van der Waals surface area contributed by atoms with Crippen molar-refractivity contribution in [1.29, 1.82) is 0 Å². The highest BCUT2D eigenvalue weighted by Crippen LogP contribution is 2.21. The van der Waals surface area contributed by atoms with E-state index in [4.69, 9.17) is 10.2 Å². The van der Waals surface area contributed by atoms with Crippen LogP contribution in [0.4, 0.5) is 0 Å². The van der Waals surface area contributed by atoms with Crippen molar-refractivity contribution in [2.45, 2.75) is 26.7 Å². The molecule has 1 aromatic carbocycles. The number of nitrogens with two attached hydrogens (primary N) is 1. The van der Waals surface area contributed by atoms with Gasteiger partial charge in [-0.3, -0.25) is 0 Å². The molecule has 1 heterocycles. The minimum absolute atomic E-state index is 0.677. The van der Waals surface area contributed by atoms with Crippen molar-refractivity contribution >= 4 is 11.1 Å². The Balaban J connectivity index is 2.41.